The lowest BCUT2D eigenvalue weighted by Crippen LogP contribution is -2.27. The number of benzene rings is 3. The van der Waals surface area contributed by atoms with Gasteiger partial charge < -0.3 is 9.47 Å². The number of ether oxygens (including phenoxy) is 2. The molecule has 0 spiro atoms. The maximum Gasteiger partial charge on any atom is 0.270 e. The third-order valence-electron chi connectivity index (χ3n) is 4.71. The Balaban J connectivity index is 1.56. The van der Waals surface area contributed by atoms with E-state index in [-0.39, 0.29) is 18.3 Å². The molecule has 4 nitrogen and oxygen atoms in total. The highest BCUT2D eigenvalue weighted by atomic mass is 32.2. The number of carbonyl (C=O) groups is 1. The number of hydrogen-bond donors (Lipinski definition) is 0. The second kappa shape index (κ2) is 9.97. The Labute approximate surface area is 195 Å². The molecule has 0 unspecified atom stereocenters. The Kier molecular flexibility index (Phi) is 6.87. The predicted octanol–water partition coefficient (Wildman–Crippen LogP) is 6.21. The summed E-state index contributed by atoms with van der Waals surface area (Å²) in [5.41, 5.74) is 1.98. The first-order valence-corrected chi connectivity index (χ1v) is 11.3. The summed E-state index contributed by atoms with van der Waals surface area (Å²) in [6.45, 7) is 2.40. The van der Waals surface area contributed by atoms with Crippen LogP contribution in [-0.2, 0) is 11.4 Å². The molecule has 1 saturated heterocycles. The Morgan fingerprint density at radius 2 is 1.75 bits per heavy atom. The van der Waals surface area contributed by atoms with Crippen molar-refractivity contribution in [2.75, 3.05) is 11.5 Å². The molecule has 0 saturated carbocycles. The molecule has 7 heteroatoms. The van der Waals surface area contributed by atoms with Crippen LogP contribution in [0.5, 0.6) is 11.5 Å². The quantitative estimate of drug-likeness (QED) is 0.306. The molecule has 1 heterocycles. The second-order valence-electron chi connectivity index (χ2n) is 6.87. The van der Waals surface area contributed by atoms with Crippen molar-refractivity contribution in [3.63, 3.8) is 0 Å². The van der Waals surface area contributed by atoms with E-state index >= 15 is 0 Å². The van der Waals surface area contributed by atoms with Gasteiger partial charge in [0.2, 0.25) is 0 Å². The minimum atomic E-state index is -0.317. The van der Waals surface area contributed by atoms with Crippen LogP contribution in [0, 0.1) is 5.82 Å². The van der Waals surface area contributed by atoms with Gasteiger partial charge in [-0.3, -0.25) is 9.69 Å². The highest BCUT2D eigenvalue weighted by molar-refractivity contribution is 8.27. The number of thiocarbonyl (C=S) groups is 1. The molecule has 0 radical (unpaired) electrons. The third kappa shape index (κ3) is 4.84. The zero-order chi connectivity index (χ0) is 22.5. The SMILES string of the molecule is CCOc1cc(/C=C2/SC(=S)N(c3ccccc3)C2=O)ccc1OCc1ccccc1F. The summed E-state index contributed by atoms with van der Waals surface area (Å²) in [5, 5.41) is 0. The first-order valence-electron chi connectivity index (χ1n) is 10.0. The van der Waals surface area contributed by atoms with Crippen molar-refractivity contribution in [1.82, 2.24) is 0 Å². The molecule has 0 N–H and O–H groups in total. The molecule has 4 rings (SSSR count). The van der Waals surface area contributed by atoms with Crippen LogP contribution < -0.4 is 14.4 Å². The number of rotatable bonds is 7. The molecule has 32 heavy (non-hydrogen) atoms. The maximum atomic E-state index is 13.9. The van der Waals surface area contributed by atoms with Crippen molar-refractivity contribution < 1.29 is 18.7 Å². The molecule has 1 amide bonds. The standard InChI is InChI=1S/C25H20FNO3S2/c1-2-29-22-14-17(12-13-21(22)30-16-18-8-6-7-11-20(18)26)15-23-24(28)27(25(31)32-23)19-9-4-3-5-10-19/h3-15H,2,16H2,1H3/b23-15+. The van der Waals surface area contributed by atoms with Crippen LogP contribution in [0.1, 0.15) is 18.1 Å². The van der Waals surface area contributed by atoms with Gasteiger partial charge in [0.15, 0.2) is 15.8 Å². The van der Waals surface area contributed by atoms with Crippen molar-refractivity contribution in [3.8, 4) is 11.5 Å². The van der Waals surface area contributed by atoms with Crippen LogP contribution in [0.2, 0.25) is 0 Å². The van der Waals surface area contributed by atoms with E-state index in [0.717, 1.165) is 11.3 Å². The van der Waals surface area contributed by atoms with Gasteiger partial charge in [0, 0.05) is 5.56 Å². The average Bonchev–Trinajstić information content (AvgIpc) is 3.07. The molecule has 1 aliphatic rings. The Hall–Kier alpha value is -3.16. The summed E-state index contributed by atoms with van der Waals surface area (Å²) >= 11 is 6.68. The number of halogens is 1. The summed E-state index contributed by atoms with van der Waals surface area (Å²) in [4.78, 5) is 15.0. The van der Waals surface area contributed by atoms with Crippen molar-refractivity contribution in [3.05, 3.63) is 94.6 Å². The predicted molar refractivity (Wildman–Crippen MR) is 130 cm³/mol. The van der Waals surface area contributed by atoms with Crippen LogP contribution in [0.25, 0.3) is 6.08 Å². The number of para-hydroxylation sites is 1. The average molecular weight is 466 g/mol. The minimum Gasteiger partial charge on any atom is -0.490 e. The van der Waals surface area contributed by atoms with Gasteiger partial charge in [0.25, 0.3) is 5.91 Å². The molecule has 0 aliphatic carbocycles. The maximum absolute atomic E-state index is 13.9. The van der Waals surface area contributed by atoms with E-state index in [2.05, 4.69) is 0 Å². The lowest BCUT2D eigenvalue weighted by molar-refractivity contribution is -0.113. The van der Waals surface area contributed by atoms with Gasteiger partial charge in [-0.2, -0.15) is 0 Å². The highest BCUT2D eigenvalue weighted by Gasteiger charge is 2.33. The number of anilines is 1. The van der Waals surface area contributed by atoms with Gasteiger partial charge in [-0.15, -0.1) is 0 Å². The van der Waals surface area contributed by atoms with Crippen LogP contribution in [-0.4, -0.2) is 16.8 Å². The van der Waals surface area contributed by atoms with E-state index in [1.807, 2.05) is 43.3 Å². The second-order valence-corrected chi connectivity index (χ2v) is 8.55. The molecule has 162 valence electrons. The van der Waals surface area contributed by atoms with Crippen LogP contribution in [0.15, 0.2) is 77.7 Å². The van der Waals surface area contributed by atoms with E-state index in [1.54, 1.807) is 36.4 Å². The monoisotopic (exact) mass is 465 g/mol. The normalized spacial score (nSPS) is 14.8. The van der Waals surface area contributed by atoms with Crippen molar-refractivity contribution in [2.24, 2.45) is 0 Å². The van der Waals surface area contributed by atoms with E-state index in [0.29, 0.717) is 32.9 Å². The molecule has 1 fully saturated rings. The van der Waals surface area contributed by atoms with Gasteiger partial charge in [-0.1, -0.05) is 66.4 Å². The molecule has 0 bridgehead atoms. The Morgan fingerprint density at radius 3 is 2.50 bits per heavy atom. The minimum absolute atomic E-state index is 0.0851. The number of thioether (sulfide) groups is 1. The first-order chi connectivity index (χ1) is 15.6. The lowest BCUT2D eigenvalue weighted by atomic mass is 10.1. The Bertz CT molecular complexity index is 1180. The first kappa shape index (κ1) is 22.0. The van der Waals surface area contributed by atoms with Gasteiger partial charge in [-0.25, -0.2) is 4.39 Å². The highest BCUT2D eigenvalue weighted by Crippen LogP contribution is 2.37. The number of carbonyl (C=O) groups excluding carboxylic acids is 1. The van der Waals surface area contributed by atoms with Crippen molar-refractivity contribution >= 4 is 46.0 Å². The summed E-state index contributed by atoms with van der Waals surface area (Å²) in [6, 6.07) is 21.2. The zero-order valence-corrected chi connectivity index (χ0v) is 18.9. The van der Waals surface area contributed by atoms with Gasteiger partial charge in [0.05, 0.1) is 17.2 Å². The topological polar surface area (TPSA) is 38.8 Å². The fourth-order valence-electron chi connectivity index (χ4n) is 3.19. The van der Waals surface area contributed by atoms with E-state index < -0.39 is 0 Å². The van der Waals surface area contributed by atoms with Gasteiger partial charge >= 0.3 is 0 Å². The molecule has 3 aromatic carbocycles. The number of hydrogen-bond acceptors (Lipinski definition) is 5. The Morgan fingerprint density at radius 1 is 1.00 bits per heavy atom. The summed E-state index contributed by atoms with van der Waals surface area (Å²) in [6.07, 6.45) is 1.78. The largest absolute Gasteiger partial charge is 0.490 e. The molecule has 3 aromatic rings. The molecule has 0 atom stereocenters. The summed E-state index contributed by atoms with van der Waals surface area (Å²) < 4.78 is 25.9. The van der Waals surface area contributed by atoms with E-state index in [9.17, 15) is 9.18 Å². The smallest absolute Gasteiger partial charge is 0.270 e. The lowest BCUT2D eigenvalue weighted by Gasteiger charge is -2.14. The molecule has 0 aromatic heterocycles. The zero-order valence-electron chi connectivity index (χ0n) is 17.3. The van der Waals surface area contributed by atoms with Crippen LogP contribution in [0.4, 0.5) is 10.1 Å². The number of nitrogens with zero attached hydrogens (tertiary/aromatic N) is 1. The van der Waals surface area contributed by atoms with Crippen LogP contribution in [0.3, 0.4) is 0 Å². The van der Waals surface area contributed by atoms with Gasteiger partial charge in [-0.05, 0) is 48.9 Å². The molecular formula is C25H20FNO3S2. The molecular weight excluding hydrogens is 445 g/mol. The summed E-state index contributed by atoms with van der Waals surface area (Å²) in [7, 11) is 0. The molecule has 1 aliphatic heterocycles. The van der Waals surface area contributed by atoms with E-state index in [1.165, 1.54) is 22.7 Å². The summed E-state index contributed by atoms with van der Waals surface area (Å²) in [5.74, 6) is 0.548. The fraction of sp³-hybridized carbons (Fsp3) is 0.120. The third-order valence-corrected chi connectivity index (χ3v) is 6.02. The van der Waals surface area contributed by atoms with Crippen molar-refractivity contribution in [2.45, 2.75) is 13.5 Å². The van der Waals surface area contributed by atoms with Gasteiger partial charge in [0.1, 0.15) is 12.4 Å². The fourth-order valence-corrected chi connectivity index (χ4v) is 4.49. The van der Waals surface area contributed by atoms with Crippen molar-refractivity contribution in [1.29, 1.82) is 0 Å². The van der Waals surface area contributed by atoms with Crippen LogP contribution >= 0.6 is 24.0 Å². The number of amides is 1. The van der Waals surface area contributed by atoms with E-state index in [4.69, 9.17) is 21.7 Å².